The molecule has 12 nitrogen and oxygen atoms in total. The quantitative estimate of drug-likeness (QED) is 0.129. The average Bonchev–Trinajstić information content (AvgIpc) is 2.87. The largest absolute Gasteiger partial charge is 0.504 e. The molecule has 0 amide bonds. The molecule has 12 heteroatoms. The van der Waals surface area contributed by atoms with Crippen molar-refractivity contribution in [3.05, 3.63) is 59.7 Å². The summed E-state index contributed by atoms with van der Waals surface area (Å²) in [6.07, 6.45) is -1.41. The number of benzene rings is 2. The van der Waals surface area contributed by atoms with Crippen LogP contribution in [0.25, 0.3) is 12.2 Å². The van der Waals surface area contributed by atoms with E-state index in [1.165, 1.54) is 48.6 Å². The van der Waals surface area contributed by atoms with Crippen molar-refractivity contribution in [3.8, 4) is 23.0 Å². The minimum atomic E-state index is -2.11. The Morgan fingerprint density at radius 2 is 1.34 bits per heavy atom. The Labute approximate surface area is 216 Å². The summed E-state index contributed by atoms with van der Waals surface area (Å²) in [5, 5.41) is 58.7. The Hall–Kier alpha value is -4.55. The fraction of sp³-hybridized carbons (Fsp3) is 0.269. The lowest BCUT2D eigenvalue weighted by molar-refractivity contribution is -0.208. The summed E-state index contributed by atoms with van der Waals surface area (Å²) in [5.74, 6) is -4.61. The van der Waals surface area contributed by atoms with Crippen molar-refractivity contribution in [3.63, 3.8) is 0 Å². The van der Waals surface area contributed by atoms with Crippen LogP contribution in [0.5, 0.6) is 23.0 Å². The van der Waals surface area contributed by atoms with Gasteiger partial charge in [0.05, 0.1) is 13.2 Å². The Morgan fingerprint density at radius 1 is 0.816 bits per heavy atom. The highest BCUT2D eigenvalue weighted by Crippen LogP contribution is 2.36. The molecule has 38 heavy (non-hydrogen) atoms. The fourth-order valence-corrected chi connectivity index (χ4v) is 3.86. The van der Waals surface area contributed by atoms with Crippen molar-refractivity contribution in [2.24, 2.45) is 0 Å². The number of carbonyl (C=O) groups is 3. The molecule has 0 heterocycles. The van der Waals surface area contributed by atoms with Crippen LogP contribution < -0.4 is 0 Å². The van der Waals surface area contributed by atoms with Crippen LogP contribution in [0.1, 0.15) is 24.0 Å². The standard InChI is InChI=1S/C26H26O12/c1-36-25(35)26(38-23(33)9-5-15-3-7-17(28)19(30)11-15)12-20(31)24(34)21(13-26)37-22(32)8-4-14-2-6-16(27)18(29)10-14/h2-11,20-21,24,27-31,34H,12-13H2,1H3/t20-,21-,24-,26+/m1/s1. The smallest absolute Gasteiger partial charge is 0.350 e. The first-order chi connectivity index (χ1) is 17.9. The maximum Gasteiger partial charge on any atom is 0.350 e. The van der Waals surface area contributed by atoms with Crippen molar-refractivity contribution in [2.45, 2.75) is 36.8 Å². The van der Waals surface area contributed by atoms with Gasteiger partial charge in [0.15, 0.2) is 23.0 Å². The Bertz CT molecular complexity index is 1270. The molecule has 0 bridgehead atoms. The molecule has 0 saturated heterocycles. The van der Waals surface area contributed by atoms with E-state index in [1.54, 1.807) is 0 Å². The number of hydrogen-bond donors (Lipinski definition) is 6. The van der Waals surface area contributed by atoms with Crippen molar-refractivity contribution in [2.75, 3.05) is 7.11 Å². The minimum absolute atomic E-state index is 0.323. The van der Waals surface area contributed by atoms with Gasteiger partial charge in [0.25, 0.3) is 0 Å². The zero-order valence-electron chi connectivity index (χ0n) is 20.1. The first kappa shape index (κ1) is 28.0. The van der Waals surface area contributed by atoms with Crippen LogP contribution in [0, 0.1) is 0 Å². The second kappa shape index (κ2) is 11.7. The molecule has 6 N–H and O–H groups in total. The third-order valence-electron chi connectivity index (χ3n) is 5.79. The number of ether oxygens (including phenoxy) is 3. The molecule has 1 aliphatic rings. The van der Waals surface area contributed by atoms with Crippen LogP contribution in [-0.4, -0.2) is 79.6 Å². The summed E-state index contributed by atoms with van der Waals surface area (Å²) in [5.41, 5.74) is -1.44. The van der Waals surface area contributed by atoms with Gasteiger partial charge in [-0.3, -0.25) is 0 Å². The summed E-state index contributed by atoms with van der Waals surface area (Å²) in [4.78, 5) is 37.6. The lowest BCUT2D eigenvalue weighted by Gasteiger charge is -2.41. The lowest BCUT2D eigenvalue weighted by atomic mass is 9.79. The maximum atomic E-state index is 12.7. The highest BCUT2D eigenvalue weighted by Gasteiger charge is 2.54. The molecule has 0 unspecified atom stereocenters. The zero-order valence-corrected chi connectivity index (χ0v) is 20.1. The van der Waals surface area contributed by atoms with E-state index < -0.39 is 66.2 Å². The van der Waals surface area contributed by atoms with Gasteiger partial charge in [-0.15, -0.1) is 0 Å². The molecular weight excluding hydrogens is 504 g/mol. The second-order valence-corrected chi connectivity index (χ2v) is 8.51. The first-order valence-electron chi connectivity index (χ1n) is 11.2. The molecule has 2 aromatic rings. The molecule has 1 fully saturated rings. The van der Waals surface area contributed by atoms with Crippen molar-refractivity contribution >= 4 is 30.1 Å². The minimum Gasteiger partial charge on any atom is -0.504 e. The molecule has 0 radical (unpaired) electrons. The maximum absolute atomic E-state index is 12.7. The highest BCUT2D eigenvalue weighted by atomic mass is 16.6. The number of rotatable bonds is 7. The van der Waals surface area contributed by atoms with E-state index in [0.717, 1.165) is 19.3 Å². The Balaban J connectivity index is 1.76. The highest BCUT2D eigenvalue weighted by molar-refractivity contribution is 5.91. The number of esters is 3. The van der Waals surface area contributed by atoms with Gasteiger partial charge in [-0.05, 0) is 47.5 Å². The van der Waals surface area contributed by atoms with Gasteiger partial charge < -0.3 is 44.8 Å². The molecule has 1 saturated carbocycles. The number of aliphatic hydroxyl groups is 2. The van der Waals surface area contributed by atoms with Crippen LogP contribution >= 0.6 is 0 Å². The van der Waals surface area contributed by atoms with Gasteiger partial charge in [-0.2, -0.15) is 0 Å². The number of phenolic OH excluding ortho intramolecular Hbond substituents is 4. The summed E-state index contributed by atoms with van der Waals surface area (Å²) >= 11 is 0. The number of phenols is 4. The average molecular weight is 530 g/mol. The van der Waals surface area contributed by atoms with Crippen LogP contribution in [-0.2, 0) is 28.6 Å². The van der Waals surface area contributed by atoms with E-state index in [0.29, 0.717) is 11.1 Å². The van der Waals surface area contributed by atoms with Crippen molar-refractivity contribution in [1.29, 1.82) is 0 Å². The molecule has 4 atom stereocenters. The Morgan fingerprint density at radius 3 is 1.84 bits per heavy atom. The van der Waals surface area contributed by atoms with Gasteiger partial charge >= 0.3 is 17.9 Å². The van der Waals surface area contributed by atoms with Gasteiger partial charge in [-0.25, -0.2) is 14.4 Å². The number of hydrogen-bond acceptors (Lipinski definition) is 12. The van der Waals surface area contributed by atoms with E-state index >= 15 is 0 Å². The predicted molar refractivity (Wildman–Crippen MR) is 130 cm³/mol. The van der Waals surface area contributed by atoms with Gasteiger partial charge in [0.2, 0.25) is 5.60 Å². The number of aromatic hydroxyl groups is 4. The van der Waals surface area contributed by atoms with E-state index in [9.17, 15) is 45.0 Å². The molecule has 2 aromatic carbocycles. The zero-order chi connectivity index (χ0) is 28.0. The SMILES string of the molecule is COC(=O)[C@]1(OC(=O)C=Cc2ccc(O)c(O)c2)C[C@@H](O)[C@@H](O)[C@H](OC(=O)C=Cc2ccc(O)c(O)c2)C1. The van der Waals surface area contributed by atoms with Gasteiger partial charge in [0, 0.05) is 25.0 Å². The summed E-state index contributed by atoms with van der Waals surface area (Å²) < 4.78 is 15.3. The van der Waals surface area contributed by atoms with E-state index in [2.05, 4.69) is 0 Å². The second-order valence-electron chi connectivity index (χ2n) is 8.51. The molecule has 3 rings (SSSR count). The van der Waals surface area contributed by atoms with Crippen LogP contribution in [0.3, 0.4) is 0 Å². The van der Waals surface area contributed by atoms with Gasteiger partial charge in [-0.1, -0.05) is 12.1 Å². The molecule has 0 aromatic heterocycles. The molecule has 0 spiro atoms. The van der Waals surface area contributed by atoms with Crippen molar-refractivity contribution in [1.82, 2.24) is 0 Å². The summed E-state index contributed by atoms with van der Waals surface area (Å²) in [6.45, 7) is 0. The first-order valence-corrected chi connectivity index (χ1v) is 11.2. The fourth-order valence-electron chi connectivity index (χ4n) is 3.86. The van der Waals surface area contributed by atoms with Crippen molar-refractivity contribution < 1.29 is 59.2 Å². The third kappa shape index (κ3) is 6.60. The summed E-state index contributed by atoms with van der Waals surface area (Å²) in [7, 11) is 1.03. The lowest BCUT2D eigenvalue weighted by Crippen LogP contribution is -2.59. The normalized spacial score (nSPS) is 23.3. The monoisotopic (exact) mass is 530 g/mol. The van der Waals surface area contributed by atoms with E-state index in [1.807, 2.05) is 0 Å². The third-order valence-corrected chi connectivity index (χ3v) is 5.79. The number of carbonyl (C=O) groups excluding carboxylic acids is 3. The molecule has 1 aliphatic carbocycles. The number of aliphatic hydroxyl groups excluding tert-OH is 2. The van der Waals surface area contributed by atoms with Crippen LogP contribution in [0.15, 0.2) is 48.6 Å². The van der Waals surface area contributed by atoms with Crippen LogP contribution in [0.4, 0.5) is 0 Å². The van der Waals surface area contributed by atoms with E-state index in [4.69, 9.17) is 14.2 Å². The Kier molecular flexibility index (Phi) is 8.61. The van der Waals surface area contributed by atoms with Crippen LogP contribution in [0.2, 0.25) is 0 Å². The van der Waals surface area contributed by atoms with E-state index in [-0.39, 0.29) is 11.5 Å². The van der Waals surface area contributed by atoms with Gasteiger partial charge in [0.1, 0.15) is 12.2 Å². The molecule has 0 aliphatic heterocycles. The number of methoxy groups -OCH3 is 1. The molecular formula is C26H26O12. The predicted octanol–water partition coefficient (Wildman–Crippen LogP) is 1.12. The topological polar surface area (TPSA) is 200 Å². The molecule has 202 valence electrons. The summed E-state index contributed by atoms with van der Waals surface area (Å²) in [6, 6.07) is 7.59.